The van der Waals surface area contributed by atoms with Gasteiger partial charge in [-0.2, -0.15) is 0 Å². The molecule has 0 spiro atoms. The van der Waals surface area contributed by atoms with E-state index in [4.69, 9.17) is 0 Å². The fraction of sp³-hybridized carbons (Fsp3) is 0.167. The summed E-state index contributed by atoms with van der Waals surface area (Å²) in [6.45, 7) is 3.68. The number of anilines is 1. The van der Waals surface area contributed by atoms with Crippen LogP contribution in [0.25, 0.3) is 0 Å². The molecule has 1 amide bonds. The molecule has 0 heterocycles. The number of carbonyl (C=O) groups excluding carboxylic acids is 2. The number of amides is 1. The van der Waals surface area contributed by atoms with Crippen LogP contribution in [0, 0.1) is 13.8 Å². The molecule has 0 aromatic heterocycles. The smallest absolute Gasteiger partial charge is 0.240 e. The molecule has 31 heavy (non-hydrogen) atoms. The molecule has 0 saturated heterocycles. The number of sulfonamides is 1. The summed E-state index contributed by atoms with van der Waals surface area (Å²) in [7, 11) is -3.69. The molecule has 0 atom stereocenters. The lowest BCUT2D eigenvalue weighted by molar-refractivity contribution is -0.116. The van der Waals surface area contributed by atoms with E-state index >= 15 is 0 Å². The summed E-state index contributed by atoms with van der Waals surface area (Å²) in [5, 5.41) is 2.73. The molecule has 0 saturated carbocycles. The number of aryl methyl sites for hydroxylation is 2. The highest BCUT2D eigenvalue weighted by Crippen LogP contribution is 2.21. The zero-order chi connectivity index (χ0) is 22.4. The van der Waals surface area contributed by atoms with Crippen LogP contribution in [-0.2, 0) is 14.8 Å². The van der Waals surface area contributed by atoms with Gasteiger partial charge in [-0.25, -0.2) is 13.1 Å². The van der Waals surface area contributed by atoms with Gasteiger partial charge in [-0.1, -0.05) is 59.7 Å². The number of nitrogens with one attached hydrogen (secondary N) is 2. The normalized spacial score (nSPS) is 11.2. The van der Waals surface area contributed by atoms with Gasteiger partial charge in [-0.05, 0) is 38.1 Å². The van der Waals surface area contributed by atoms with Crippen LogP contribution in [0.3, 0.4) is 0 Å². The number of hydrogen-bond acceptors (Lipinski definition) is 4. The van der Waals surface area contributed by atoms with E-state index in [1.54, 1.807) is 54.6 Å². The summed E-state index contributed by atoms with van der Waals surface area (Å²) in [6.07, 6.45) is -0.0715. The van der Waals surface area contributed by atoms with E-state index < -0.39 is 15.9 Å². The van der Waals surface area contributed by atoms with Crippen LogP contribution in [0.2, 0.25) is 0 Å². The molecule has 3 aromatic carbocycles. The lowest BCUT2D eigenvalue weighted by atomic mass is 9.99. The van der Waals surface area contributed by atoms with Crippen LogP contribution < -0.4 is 10.0 Å². The quantitative estimate of drug-likeness (QED) is 0.525. The topological polar surface area (TPSA) is 92.3 Å². The zero-order valence-electron chi connectivity index (χ0n) is 17.4. The Morgan fingerprint density at radius 2 is 1.48 bits per heavy atom. The molecule has 0 fully saturated rings. The molecule has 7 heteroatoms. The van der Waals surface area contributed by atoms with E-state index in [0.717, 1.165) is 11.1 Å². The molecule has 0 aliphatic heterocycles. The van der Waals surface area contributed by atoms with Crippen LogP contribution in [0.15, 0.2) is 77.7 Å². The van der Waals surface area contributed by atoms with Gasteiger partial charge >= 0.3 is 0 Å². The van der Waals surface area contributed by atoms with Gasteiger partial charge in [-0.15, -0.1) is 0 Å². The second-order valence-electron chi connectivity index (χ2n) is 7.25. The minimum absolute atomic E-state index is 0.0597. The first-order valence-corrected chi connectivity index (χ1v) is 11.3. The van der Waals surface area contributed by atoms with Gasteiger partial charge in [0.15, 0.2) is 5.78 Å². The zero-order valence-corrected chi connectivity index (χ0v) is 18.2. The second-order valence-corrected chi connectivity index (χ2v) is 9.02. The van der Waals surface area contributed by atoms with Crippen molar-refractivity contribution in [2.45, 2.75) is 25.2 Å². The highest BCUT2D eigenvalue weighted by Gasteiger charge is 2.17. The molecule has 0 radical (unpaired) electrons. The van der Waals surface area contributed by atoms with Gasteiger partial charge < -0.3 is 5.32 Å². The van der Waals surface area contributed by atoms with E-state index in [0.29, 0.717) is 16.8 Å². The fourth-order valence-corrected chi connectivity index (χ4v) is 4.04. The molecule has 0 aliphatic rings. The average Bonchev–Trinajstić information content (AvgIpc) is 2.75. The van der Waals surface area contributed by atoms with Crippen molar-refractivity contribution in [3.63, 3.8) is 0 Å². The van der Waals surface area contributed by atoms with Crippen molar-refractivity contribution in [3.8, 4) is 0 Å². The Kier molecular flexibility index (Phi) is 6.99. The number of ketones is 1. The van der Waals surface area contributed by atoms with Gasteiger partial charge in [0.1, 0.15) is 0 Å². The Morgan fingerprint density at radius 3 is 2.16 bits per heavy atom. The van der Waals surface area contributed by atoms with E-state index in [-0.39, 0.29) is 23.6 Å². The Labute approximate surface area is 182 Å². The van der Waals surface area contributed by atoms with Gasteiger partial charge in [-0.3, -0.25) is 9.59 Å². The third-order valence-electron chi connectivity index (χ3n) is 4.71. The van der Waals surface area contributed by atoms with Crippen molar-refractivity contribution in [1.82, 2.24) is 4.72 Å². The SMILES string of the molecule is Cc1ccc(S(=O)(=O)NCCC(=O)Nc2ccc(C)cc2C(=O)c2ccccc2)cc1. The summed E-state index contributed by atoms with van der Waals surface area (Å²) in [6, 6.07) is 20.5. The minimum Gasteiger partial charge on any atom is -0.325 e. The van der Waals surface area contributed by atoms with Gasteiger partial charge in [0.25, 0.3) is 0 Å². The number of carbonyl (C=O) groups is 2. The summed E-state index contributed by atoms with van der Waals surface area (Å²) in [4.78, 5) is 25.4. The van der Waals surface area contributed by atoms with E-state index in [1.807, 2.05) is 19.9 Å². The van der Waals surface area contributed by atoms with E-state index in [9.17, 15) is 18.0 Å². The summed E-state index contributed by atoms with van der Waals surface area (Å²) in [5.41, 5.74) is 3.15. The Bertz CT molecular complexity index is 1190. The first-order valence-electron chi connectivity index (χ1n) is 9.83. The van der Waals surface area contributed by atoms with Gasteiger partial charge in [0.05, 0.1) is 10.6 Å². The highest BCUT2D eigenvalue weighted by molar-refractivity contribution is 7.89. The van der Waals surface area contributed by atoms with Crippen molar-refractivity contribution in [1.29, 1.82) is 0 Å². The molecule has 6 nitrogen and oxygen atoms in total. The predicted molar refractivity (Wildman–Crippen MR) is 121 cm³/mol. The fourth-order valence-electron chi connectivity index (χ4n) is 3.01. The third kappa shape index (κ3) is 5.87. The lowest BCUT2D eigenvalue weighted by Crippen LogP contribution is -2.28. The van der Waals surface area contributed by atoms with Crippen LogP contribution in [0.5, 0.6) is 0 Å². The number of benzene rings is 3. The molecular formula is C24H24N2O4S. The van der Waals surface area contributed by atoms with Crippen LogP contribution in [-0.4, -0.2) is 26.7 Å². The summed E-state index contributed by atoms with van der Waals surface area (Å²) in [5.74, 6) is -0.586. The van der Waals surface area contributed by atoms with Crippen molar-refractivity contribution >= 4 is 27.4 Å². The van der Waals surface area contributed by atoms with Crippen LogP contribution in [0.4, 0.5) is 5.69 Å². The standard InChI is InChI=1S/C24H24N2O4S/c1-17-8-11-20(12-9-17)31(29,30)25-15-14-23(27)26-22-13-10-18(2)16-21(22)24(28)19-6-4-3-5-7-19/h3-13,16,25H,14-15H2,1-2H3,(H,26,27). The van der Waals surface area contributed by atoms with Gasteiger partial charge in [0.2, 0.25) is 15.9 Å². The number of rotatable bonds is 8. The molecule has 3 rings (SSSR count). The molecule has 3 aromatic rings. The lowest BCUT2D eigenvalue weighted by Gasteiger charge is -2.12. The molecular weight excluding hydrogens is 412 g/mol. The third-order valence-corrected chi connectivity index (χ3v) is 6.18. The van der Waals surface area contributed by atoms with Crippen molar-refractivity contribution in [3.05, 3.63) is 95.1 Å². The average molecular weight is 437 g/mol. The minimum atomic E-state index is -3.69. The largest absolute Gasteiger partial charge is 0.325 e. The number of hydrogen-bond donors (Lipinski definition) is 2. The van der Waals surface area contributed by atoms with Crippen LogP contribution >= 0.6 is 0 Å². The predicted octanol–water partition coefficient (Wildman–Crippen LogP) is 3.84. The second kappa shape index (κ2) is 9.68. The molecule has 2 N–H and O–H groups in total. The highest BCUT2D eigenvalue weighted by atomic mass is 32.2. The molecule has 0 aliphatic carbocycles. The Hall–Kier alpha value is -3.29. The van der Waals surface area contributed by atoms with Crippen molar-refractivity contribution in [2.75, 3.05) is 11.9 Å². The van der Waals surface area contributed by atoms with Crippen LogP contribution in [0.1, 0.15) is 33.5 Å². The maximum absolute atomic E-state index is 12.9. The van der Waals surface area contributed by atoms with Gasteiger partial charge in [0, 0.05) is 24.1 Å². The first kappa shape index (κ1) is 22.4. The Morgan fingerprint density at radius 1 is 0.839 bits per heavy atom. The molecule has 160 valence electrons. The summed E-state index contributed by atoms with van der Waals surface area (Å²) < 4.78 is 27.1. The molecule has 0 unspecified atom stereocenters. The van der Waals surface area contributed by atoms with E-state index in [1.165, 1.54) is 12.1 Å². The maximum Gasteiger partial charge on any atom is 0.240 e. The maximum atomic E-state index is 12.9. The van der Waals surface area contributed by atoms with Crippen molar-refractivity contribution < 1.29 is 18.0 Å². The Balaban J connectivity index is 1.66. The first-order chi connectivity index (χ1) is 14.8. The summed E-state index contributed by atoms with van der Waals surface area (Å²) >= 11 is 0. The molecule has 0 bridgehead atoms. The monoisotopic (exact) mass is 436 g/mol. The van der Waals surface area contributed by atoms with Crippen molar-refractivity contribution in [2.24, 2.45) is 0 Å². The van der Waals surface area contributed by atoms with E-state index in [2.05, 4.69) is 10.0 Å².